The summed E-state index contributed by atoms with van der Waals surface area (Å²) >= 11 is 0. The standard InChI is InChI=1S/C10H17N/c1-5-10(4)8-9-11(6-2)7-3/h1,8H,6-7,9H2,2-4H3. The minimum atomic E-state index is 0.975. The summed E-state index contributed by atoms with van der Waals surface area (Å²) in [5.74, 6) is 2.60. The molecule has 0 aliphatic rings. The quantitative estimate of drug-likeness (QED) is 0.555. The number of hydrogen-bond donors (Lipinski definition) is 0. The normalized spacial score (nSPS) is 11.7. The molecule has 0 heterocycles. The van der Waals surface area contributed by atoms with Gasteiger partial charge in [-0.2, -0.15) is 0 Å². The second-order valence-corrected chi connectivity index (χ2v) is 2.52. The maximum atomic E-state index is 5.20. The van der Waals surface area contributed by atoms with E-state index >= 15 is 0 Å². The van der Waals surface area contributed by atoms with Gasteiger partial charge >= 0.3 is 0 Å². The van der Waals surface area contributed by atoms with E-state index in [1.54, 1.807) is 0 Å². The third-order valence-electron chi connectivity index (χ3n) is 1.78. The predicted octanol–water partition coefficient (Wildman–Crippen LogP) is 1.91. The third kappa shape index (κ3) is 4.64. The molecule has 0 saturated carbocycles. The fourth-order valence-electron chi connectivity index (χ4n) is 0.807. The number of allylic oxidation sites excluding steroid dienone is 1. The van der Waals surface area contributed by atoms with Gasteiger partial charge < -0.3 is 4.90 Å². The summed E-state index contributed by atoms with van der Waals surface area (Å²) in [6.45, 7) is 9.42. The van der Waals surface area contributed by atoms with Gasteiger partial charge in [-0.15, -0.1) is 6.42 Å². The Hall–Kier alpha value is -0.740. The number of rotatable bonds is 4. The molecule has 0 unspecified atom stereocenters. The minimum Gasteiger partial charge on any atom is -0.300 e. The zero-order valence-corrected chi connectivity index (χ0v) is 7.72. The van der Waals surface area contributed by atoms with Crippen molar-refractivity contribution in [2.45, 2.75) is 20.8 Å². The Morgan fingerprint density at radius 3 is 2.36 bits per heavy atom. The Morgan fingerprint density at radius 2 is 2.00 bits per heavy atom. The van der Waals surface area contributed by atoms with Crippen molar-refractivity contribution in [1.29, 1.82) is 0 Å². The first-order chi connectivity index (χ1) is 5.24. The van der Waals surface area contributed by atoms with Crippen LogP contribution in [0.4, 0.5) is 0 Å². The summed E-state index contributed by atoms with van der Waals surface area (Å²) in [4.78, 5) is 2.32. The molecule has 0 aromatic rings. The zero-order chi connectivity index (χ0) is 8.69. The molecular weight excluding hydrogens is 134 g/mol. The molecule has 11 heavy (non-hydrogen) atoms. The number of likely N-dealkylation sites (N-methyl/N-ethyl adjacent to an activating group) is 1. The van der Waals surface area contributed by atoms with Crippen molar-refractivity contribution in [2.75, 3.05) is 19.6 Å². The van der Waals surface area contributed by atoms with E-state index in [0.717, 1.165) is 25.2 Å². The van der Waals surface area contributed by atoms with E-state index in [-0.39, 0.29) is 0 Å². The van der Waals surface area contributed by atoms with Gasteiger partial charge in [0.1, 0.15) is 0 Å². The highest BCUT2D eigenvalue weighted by molar-refractivity contribution is 5.22. The first-order valence-electron chi connectivity index (χ1n) is 4.10. The van der Waals surface area contributed by atoms with Gasteiger partial charge in [-0.05, 0) is 25.6 Å². The summed E-state index contributed by atoms with van der Waals surface area (Å²) in [6, 6.07) is 0. The molecule has 0 radical (unpaired) electrons. The van der Waals surface area contributed by atoms with Crippen LogP contribution in [0.2, 0.25) is 0 Å². The molecule has 1 nitrogen and oxygen atoms in total. The van der Waals surface area contributed by atoms with Crippen molar-refractivity contribution in [1.82, 2.24) is 4.90 Å². The summed E-state index contributed by atoms with van der Waals surface area (Å²) in [7, 11) is 0. The minimum absolute atomic E-state index is 0.975. The SMILES string of the molecule is C#CC(C)=CCN(CC)CC. The molecular formula is C10H17N. The highest BCUT2D eigenvalue weighted by atomic mass is 15.1. The lowest BCUT2D eigenvalue weighted by Crippen LogP contribution is -2.22. The van der Waals surface area contributed by atoms with Gasteiger partial charge in [-0.3, -0.25) is 0 Å². The monoisotopic (exact) mass is 151 g/mol. The lowest BCUT2D eigenvalue weighted by molar-refractivity contribution is 0.337. The van der Waals surface area contributed by atoms with Crippen LogP contribution in [0.15, 0.2) is 11.6 Å². The highest BCUT2D eigenvalue weighted by Gasteiger charge is 1.93. The van der Waals surface area contributed by atoms with Crippen molar-refractivity contribution < 1.29 is 0 Å². The van der Waals surface area contributed by atoms with Crippen molar-refractivity contribution in [3.63, 3.8) is 0 Å². The van der Waals surface area contributed by atoms with Crippen LogP contribution in [-0.4, -0.2) is 24.5 Å². The van der Waals surface area contributed by atoms with E-state index in [1.165, 1.54) is 0 Å². The van der Waals surface area contributed by atoms with Crippen LogP contribution in [0.25, 0.3) is 0 Å². The zero-order valence-electron chi connectivity index (χ0n) is 7.72. The highest BCUT2D eigenvalue weighted by Crippen LogP contribution is 1.92. The van der Waals surface area contributed by atoms with Gasteiger partial charge in [0, 0.05) is 6.54 Å². The number of terminal acetylenes is 1. The molecule has 0 amide bonds. The average molecular weight is 151 g/mol. The molecule has 1 heteroatoms. The lowest BCUT2D eigenvalue weighted by Gasteiger charge is -2.14. The molecule has 0 atom stereocenters. The molecule has 0 saturated heterocycles. The summed E-state index contributed by atoms with van der Waals surface area (Å²) < 4.78 is 0. The Kier molecular flexibility index (Phi) is 5.60. The van der Waals surface area contributed by atoms with Crippen LogP contribution in [0.1, 0.15) is 20.8 Å². The maximum absolute atomic E-state index is 5.20. The van der Waals surface area contributed by atoms with Gasteiger partial charge in [0.2, 0.25) is 0 Å². The third-order valence-corrected chi connectivity index (χ3v) is 1.78. The van der Waals surface area contributed by atoms with Gasteiger partial charge in [0.05, 0.1) is 0 Å². The summed E-state index contributed by atoms with van der Waals surface area (Å²) in [5.41, 5.74) is 1.02. The molecule has 0 aliphatic heterocycles. The fourth-order valence-corrected chi connectivity index (χ4v) is 0.807. The first kappa shape index (κ1) is 10.3. The van der Waals surface area contributed by atoms with Crippen LogP contribution in [0.5, 0.6) is 0 Å². The van der Waals surface area contributed by atoms with Crippen LogP contribution in [-0.2, 0) is 0 Å². The molecule has 0 aromatic heterocycles. The van der Waals surface area contributed by atoms with Crippen molar-refractivity contribution in [2.24, 2.45) is 0 Å². The van der Waals surface area contributed by atoms with E-state index in [1.807, 2.05) is 6.92 Å². The van der Waals surface area contributed by atoms with E-state index in [9.17, 15) is 0 Å². The Balaban J connectivity index is 3.76. The van der Waals surface area contributed by atoms with Crippen molar-refractivity contribution in [3.05, 3.63) is 11.6 Å². The van der Waals surface area contributed by atoms with Gasteiger partial charge in [-0.1, -0.05) is 25.8 Å². The van der Waals surface area contributed by atoms with E-state index in [4.69, 9.17) is 6.42 Å². The topological polar surface area (TPSA) is 3.24 Å². The summed E-state index contributed by atoms with van der Waals surface area (Å²) in [5, 5.41) is 0. The Bertz CT molecular complexity index is 158. The molecule has 0 fully saturated rings. The smallest absolute Gasteiger partial charge is 0.0174 e. The molecule has 0 spiro atoms. The molecule has 62 valence electrons. The lowest BCUT2D eigenvalue weighted by atomic mass is 10.3. The Labute approximate surface area is 70.1 Å². The first-order valence-corrected chi connectivity index (χ1v) is 4.10. The second kappa shape index (κ2) is 6.00. The predicted molar refractivity (Wildman–Crippen MR) is 50.4 cm³/mol. The number of nitrogens with zero attached hydrogens (tertiary/aromatic N) is 1. The largest absolute Gasteiger partial charge is 0.300 e. The van der Waals surface area contributed by atoms with E-state index in [0.29, 0.717) is 0 Å². The molecule has 0 bridgehead atoms. The maximum Gasteiger partial charge on any atom is 0.0174 e. The average Bonchev–Trinajstić information content (AvgIpc) is 2.06. The van der Waals surface area contributed by atoms with Crippen LogP contribution < -0.4 is 0 Å². The molecule has 0 N–H and O–H groups in total. The van der Waals surface area contributed by atoms with Crippen molar-refractivity contribution >= 4 is 0 Å². The fraction of sp³-hybridized carbons (Fsp3) is 0.600. The van der Waals surface area contributed by atoms with Crippen molar-refractivity contribution in [3.8, 4) is 12.3 Å². The van der Waals surface area contributed by atoms with Gasteiger partial charge in [0.15, 0.2) is 0 Å². The van der Waals surface area contributed by atoms with Crippen LogP contribution >= 0.6 is 0 Å². The molecule has 0 rings (SSSR count). The number of hydrogen-bond acceptors (Lipinski definition) is 1. The van der Waals surface area contributed by atoms with E-state index < -0.39 is 0 Å². The van der Waals surface area contributed by atoms with Crippen LogP contribution in [0.3, 0.4) is 0 Å². The molecule has 0 aromatic carbocycles. The van der Waals surface area contributed by atoms with Crippen LogP contribution in [0, 0.1) is 12.3 Å². The molecule has 0 aliphatic carbocycles. The van der Waals surface area contributed by atoms with E-state index in [2.05, 4.69) is 30.7 Å². The van der Waals surface area contributed by atoms with Gasteiger partial charge in [-0.25, -0.2) is 0 Å². The Morgan fingerprint density at radius 1 is 1.45 bits per heavy atom. The summed E-state index contributed by atoms with van der Waals surface area (Å²) in [6.07, 6.45) is 7.29. The second-order valence-electron chi connectivity index (χ2n) is 2.52. The van der Waals surface area contributed by atoms with Gasteiger partial charge in [0.25, 0.3) is 0 Å².